The van der Waals surface area contributed by atoms with Gasteiger partial charge in [-0.15, -0.1) is 0 Å². The zero-order valence-corrected chi connectivity index (χ0v) is 8.02. The highest BCUT2D eigenvalue weighted by molar-refractivity contribution is 5.86. The fourth-order valence-electron chi connectivity index (χ4n) is 1.42. The summed E-state index contributed by atoms with van der Waals surface area (Å²) in [5, 5.41) is 8.85. The summed E-state index contributed by atoms with van der Waals surface area (Å²) < 4.78 is 26.9. The van der Waals surface area contributed by atoms with Crippen molar-refractivity contribution in [3.05, 3.63) is 53.9 Å². The highest BCUT2D eigenvalue weighted by atomic mass is 19.2. The van der Waals surface area contributed by atoms with Gasteiger partial charge in [-0.05, 0) is 24.3 Å². The van der Waals surface area contributed by atoms with Crippen molar-refractivity contribution in [2.45, 2.75) is 0 Å². The van der Waals surface area contributed by atoms with Crippen LogP contribution in [0.5, 0.6) is 0 Å². The van der Waals surface area contributed by atoms with Gasteiger partial charge in [-0.2, -0.15) is 0 Å². The molecule has 0 unspecified atom stereocenters. The number of benzene rings is 1. The number of carbonyl (C=O) groups is 1. The normalized spacial score (nSPS) is 10.4. The summed E-state index contributed by atoms with van der Waals surface area (Å²) >= 11 is 0. The van der Waals surface area contributed by atoms with Gasteiger partial charge in [0.15, 0.2) is 11.6 Å². The van der Waals surface area contributed by atoms with Crippen LogP contribution >= 0.6 is 0 Å². The van der Waals surface area contributed by atoms with Gasteiger partial charge in [0.1, 0.15) is 5.69 Å². The molecule has 0 saturated carbocycles. The van der Waals surface area contributed by atoms with Gasteiger partial charge >= 0.3 is 5.97 Å². The van der Waals surface area contributed by atoms with E-state index in [1.165, 1.54) is 29.0 Å². The Labute approximate surface area is 89.6 Å². The van der Waals surface area contributed by atoms with Crippen LogP contribution in [0.3, 0.4) is 0 Å². The Morgan fingerprint density at radius 3 is 2.56 bits per heavy atom. The largest absolute Gasteiger partial charge is 0.477 e. The van der Waals surface area contributed by atoms with Crippen LogP contribution in [0.4, 0.5) is 8.78 Å². The standard InChI is InChI=1S/C11H7F2NO2/c12-8-4-3-7(6-9(8)13)14-5-1-2-10(14)11(15)16/h1-6H,(H,15,16). The van der Waals surface area contributed by atoms with E-state index < -0.39 is 17.6 Å². The van der Waals surface area contributed by atoms with Crippen LogP contribution in [0.2, 0.25) is 0 Å². The summed E-state index contributed by atoms with van der Waals surface area (Å²) in [5.41, 5.74) is 0.257. The van der Waals surface area contributed by atoms with E-state index in [0.717, 1.165) is 12.1 Å². The lowest BCUT2D eigenvalue weighted by Crippen LogP contribution is -2.06. The molecule has 0 bridgehead atoms. The Morgan fingerprint density at radius 1 is 1.19 bits per heavy atom. The molecule has 1 heterocycles. The van der Waals surface area contributed by atoms with Crippen LogP contribution in [0.1, 0.15) is 10.5 Å². The van der Waals surface area contributed by atoms with E-state index in [1.807, 2.05) is 0 Å². The first-order chi connectivity index (χ1) is 7.59. The van der Waals surface area contributed by atoms with Crippen molar-refractivity contribution >= 4 is 5.97 Å². The second-order valence-corrected chi connectivity index (χ2v) is 3.17. The third-order valence-electron chi connectivity index (χ3n) is 2.15. The molecule has 0 aliphatic carbocycles. The minimum Gasteiger partial charge on any atom is -0.477 e. The van der Waals surface area contributed by atoms with Crippen molar-refractivity contribution in [1.82, 2.24) is 4.57 Å². The predicted octanol–water partition coefficient (Wildman–Crippen LogP) is 2.45. The minimum absolute atomic E-state index is 0.00833. The van der Waals surface area contributed by atoms with Crippen molar-refractivity contribution in [3.8, 4) is 5.69 Å². The van der Waals surface area contributed by atoms with Gasteiger partial charge in [-0.25, -0.2) is 13.6 Å². The molecule has 1 aromatic carbocycles. The third kappa shape index (κ3) is 1.67. The average molecular weight is 223 g/mol. The van der Waals surface area contributed by atoms with Crippen LogP contribution in [-0.2, 0) is 0 Å². The van der Waals surface area contributed by atoms with Gasteiger partial charge < -0.3 is 9.67 Å². The van der Waals surface area contributed by atoms with Crippen LogP contribution in [0.15, 0.2) is 36.5 Å². The number of carboxylic acid groups (broad SMARTS) is 1. The quantitative estimate of drug-likeness (QED) is 0.849. The van der Waals surface area contributed by atoms with Crippen molar-refractivity contribution in [2.24, 2.45) is 0 Å². The Balaban J connectivity index is 2.54. The summed E-state index contributed by atoms with van der Waals surface area (Å²) in [6, 6.07) is 6.11. The molecule has 1 N–H and O–H groups in total. The molecule has 5 heteroatoms. The molecule has 16 heavy (non-hydrogen) atoms. The van der Waals surface area contributed by atoms with E-state index in [-0.39, 0.29) is 11.4 Å². The number of hydrogen-bond acceptors (Lipinski definition) is 1. The molecule has 3 nitrogen and oxygen atoms in total. The van der Waals surface area contributed by atoms with Crippen LogP contribution in [0, 0.1) is 11.6 Å². The molecule has 1 aromatic heterocycles. The first kappa shape index (κ1) is 10.4. The lowest BCUT2D eigenvalue weighted by molar-refractivity contribution is 0.0688. The molecule has 0 spiro atoms. The molecule has 0 aliphatic heterocycles. The van der Waals surface area contributed by atoms with E-state index in [0.29, 0.717) is 0 Å². The summed E-state index contributed by atoms with van der Waals surface area (Å²) in [7, 11) is 0. The van der Waals surface area contributed by atoms with E-state index in [2.05, 4.69) is 0 Å². The zero-order chi connectivity index (χ0) is 11.7. The van der Waals surface area contributed by atoms with Crippen LogP contribution in [-0.4, -0.2) is 15.6 Å². The second-order valence-electron chi connectivity index (χ2n) is 3.17. The fraction of sp³-hybridized carbons (Fsp3) is 0. The van der Waals surface area contributed by atoms with Gasteiger partial charge in [0.2, 0.25) is 0 Å². The first-order valence-corrected chi connectivity index (χ1v) is 4.45. The number of rotatable bonds is 2. The van der Waals surface area contributed by atoms with Gasteiger partial charge in [-0.3, -0.25) is 0 Å². The van der Waals surface area contributed by atoms with Crippen molar-refractivity contribution < 1.29 is 18.7 Å². The molecular formula is C11H7F2NO2. The smallest absolute Gasteiger partial charge is 0.352 e. The molecule has 0 aliphatic rings. The van der Waals surface area contributed by atoms with Gasteiger partial charge in [0.25, 0.3) is 0 Å². The summed E-state index contributed by atoms with van der Waals surface area (Å²) in [5.74, 6) is -3.11. The van der Waals surface area contributed by atoms with Crippen LogP contribution in [0.25, 0.3) is 5.69 Å². The number of aromatic nitrogens is 1. The Kier molecular flexibility index (Phi) is 2.44. The van der Waals surface area contributed by atoms with E-state index in [1.54, 1.807) is 0 Å². The van der Waals surface area contributed by atoms with Crippen molar-refractivity contribution in [2.75, 3.05) is 0 Å². The molecule has 0 atom stereocenters. The maximum absolute atomic E-state index is 13.0. The van der Waals surface area contributed by atoms with Gasteiger partial charge in [0, 0.05) is 18.0 Å². The fourth-order valence-corrected chi connectivity index (χ4v) is 1.42. The van der Waals surface area contributed by atoms with Crippen LogP contribution < -0.4 is 0 Å². The lowest BCUT2D eigenvalue weighted by atomic mass is 10.3. The predicted molar refractivity (Wildman–Crippen MR) is 52.6 cm³/mol. The number of hydrogen-bond donors (Lipinski definition) is 1. The Hall–Kier alpha value is -2.17. The maximum Gasteiger partial charge on any atom is 0.352 e. The zero-order valence-electron chi connectivity index (χ0n) is 8.02. The first-order valence-electron chi connectivity index (χ1n) is 4.45. The molecule has 0 radical (unpaired) electrons. The topological polar surface area (TPSA) is 42.2 Å². The molecule has 0 saturated heterocycles. The number of carboxylic acids is 1. The number of halogens is 2. The summed E-state index contributed by atoms with van der Waals surface area (Å²) in [6.45, 7) is 0. The van der Waals surface area contributed by atoms with E-state index in [4.69, 9.17) is 5.11 Å². The minimum atomic E-state index is -1.13. The maximum atomic E-state index is 13.0. The molecule has 0 fully saturated rings. The van der Waals surface area contributed by atoms with E-state index in [9.17, 15) is 13.6 Å². The Morgan fingerprint density at radius 2 is 1.94 bits per heavy atom. The highest BCUT2D eigenvalue weighted by Crippen LogP contribution is 2.16. The monoisotopic (exact) mass is 223 g/mol. The van der Waals surface area contributed by atoms with Crippen molar-refractivity contribution in [1.29, 1.82) is 0 Å². The molecule has 82 valence electrons. The van der Waals surface area contributed by atoms with Gasteiger partial charge in [-0.1, -0.05) is 0 Å². The summed E-state index contributed by atoms with van der Waals surface area (Å²) in [6.07, 6.45) is 1.47. The van der Waals surface area contributed by atoms with E-state index >= 15 is 0 Å². The highest BCUT2D eigenvalue weighted by Gasteiger charge is 2.11. The third-order valence-corrected chi connectivity index (χ3v) is 2.15. The average Bonchev–Trinajstić information content (AvgIpc) is 2.71. The number of nitrogens with zero attached hydrogens (tertiary/aromatic N) is 1. The molecule has 2 rings (SSSR count). The molecule has 0 amide bonds. The van der Waals surface area contributed by atoms with Crippen molar-refractivity contribution in [3.63, 3.8) is 0 Å². The second kappa shape index (κ2) is 3.77. The van der Waals surface area contributed by atoms with Gasteiger partial charge in [0.05, 0.1) is 0 Å². The SMILES string of the molecule is O=C(O)c1cccn1-c1ccc(F)c(F)c1. The number of aromatic carboxylic acids is 1. The Bertz CT molecular complexity index is 549. The molecule has 2 aromatic rings. The summed E-state index contributed by atoms with van der Waals surface area (Å²) in [4.78, 5) is 10.8. The molecular weight excluding hydrogens is 216 g/mol. The lowest BCUT2D eigenvalue weighted by Gasteiger charge is -2.06.